The van der Waals surface area contributed by atoms with E-state index in [1.165, 1.54) is 19.2 Å². The minimum Gasteiger partial charge on any atom is -0.487 e. The van der Waals surface area contributed by atoms with Crippen LogP contribution < -0.4 is 14.8 Å². The van der Waals surface area contributed by atoms with Crippen molar-refractivity contribution in [1.29, 1.82) is 0 Å². The van der Waals surface area contributed by atoms with Crippen LogP contribution >= 0.6 is 15.9 Å². The lowest BCUT2D eigenvalue weighted by atomic mass is 10.1. The van der Waals surface area contributed by atoms with E-state index < -0.39 is 43.5 Å². The molecule has 0 unspecified atom stereocenters. The maximum absolute atomic E-state index is 14.6. The van der Waals surface area contributed by atoms with Crippen LogP contribution in [0.3, 0.4) is 0 Å². The molecule has 186 valence electrons. The Labute approximate surface area is 201 Å². The van der Waals surface area contributed by atoms with Crippen LogP contribution in [0.1, 0.15) is 17.5 Å². The molecular formula is C22H22BrF5N2O4. The van der Waals surface area contributed by atoms with Gasteiger partial charge in [-0.15, -0.1) is 0 Å². The molecule has 2 aromatic carbocycles. The van der Waals surface area contributed by atoms with Crippen molar-refractivity contribution >= 4 is 33.9 Å². The van der Waals surface area contributed by atoms with Crippen LogP contribution in [-0.2, 0) is 22.6 Å². The number of ether oxygens (including phenoxy) is 2. The smallest absolute Gasteiger partial charge is 0.272 e. The lowest BCUT2D eigenvalue weighted by molar-refractivity contribution is -0.117. The molecule has 2 aromatic rings. The number of halogens is 6. The van der Waals surface area contributed by atoms with Crippen LogP contribution in [0.2, 0.25) is 0 Å². The monoisotopic (exact) mass is 552 g/mol. The van der Waals surface area contributed by atoms with Gasteiger partial charge < -0.3 is 19.7 Å². The van der Waals surface area contributed by atoms with Crippen molar-refractivity contribution in [1.82, 2.24) is 4.90 Å². The molecule has 12 heteroatoms. The topological polar surface area (TPSA) is 67.9 Å². The molecule has 0 aliphatic rings. The molecule has 0 spiro atoms. The largest absolute Gasteiger partial charge is 0.487 e. The average Bonchev–Trinajstić information content (AvgIpc) is 2.76. The van der Waals surface area contributed by atoms with Crippen molar-refractivity contribution in [2.75, 3.05) is 25.6 Å². The van der Waals surface area contributed by atoms with Gasteiger partial charge in [-0.3, -0.25) is 9.59 Å². The number of benzene rings is 2. The number of hydrogen-bond acceptors (Lipinski definition) is 4. The SMILES string of the molecule is CN(C=O)Cc1cc(NC(=O)CCc2cc(Br)ccc2OCC(F)F)cc(F)c1OCC(F)F. The maximum atomic E-state index is 14.6. The van der Waals surface area contributed by atoms with E-state index >= 15 is 0 Å². The number of alkyl halides is 4. The summed E-state index contributed by atoms with van der Waals surface area (Å²) in [6.07, 6.45) is -4.97. The van der Waals surface area contributed by atoms with Gasteiger partial charge in [0.15, 0.2) is 11.6 Å². The van der Waals surface area contributed by atoms with Gasteiger partial charge in [0, 0.05) is 41.8 Å². The number of anilines is 1. The summed E-state index contributed by atoms with van der Waals surface area (Å²) in [5.41, 5.74) is 0.630. The van der Waals surface area contributed by atoms with Gasteiger partial charge in [-0.2, -0.15) is 0 Å². The lowest BCUT2D eigenvalue weighted by Gasteiger charge is -2.18. The quantitative estimate of drug-likeness (QED) is 0.279. The van der Waals surface area contributed by atoms with E-state index in [0.717, 1.165) is 11.0 Å². The summed E-state index contributed by atoms with van der Waals surface area (Å²) >= 11 is 3.27. The van der Waals surface area contributed by atoms with E-state index in [4.69, 9.17) is 9.47 Å². The predicted molar refractivity (Wildman–Crippen MR) is 118 cm³/mol. The molecule has 2 rings (SSSR count). The van der Waals surface area contributed by atoms with Crippen molar-refractivity contribution in [3.05, 3.63) is 51.7 Å². The van der Waals surface area contributed by atoms with Gasteiger partial charge >= 0.3 is 0 Å². The van der Waals surface area contributed by atoms with Crippen LogP contribution in [0.4, 0.5) is 27.6 Å². The molecule has 0 atom stereocenters. The third-order valence-corrected chi connectivity index (χ3v) is 4.86. The second-order valence-electron chi connectivity index (χ2n) is 7.17. The van der Waals surface area contributed by atoms with E-state index in [-0.39, 0.29) is 36.4 Å². The number of carbonyl (C=O) groups is 2. The molecule has 0 bridgehead atoms. The fourth-order valence-electron chi connectivity index (χ4n) is 2.96. The maximum Gasteiger partial charge on any atom is 0.272 e. The summed E-state index contributed by atoms with van der Waals surface area (Å²) in [6, 6.07) is 6.99. The highest BCUT2D eigenvalue weighted by Gasteiger charge is 2.18. The molecule has 0 aromatic heterocycles. The van der Waals surface area contributed by atoms with Gasteiger partial charge in [0.1, 0.15) is 19.0 Å². The zero-order valence-electron chi connectivity index (χ0n) is 18.0. The third-order valence-electron chi connectivity index (χ3n) is 4.37. The van der Waals surface area contributed by atoms with E-state index in [2.05, 4.69) is 21.2 Å². The van der Waals surface area contributed by atoms with Crippen LogP contribution in [0.15, 0.2) is 34.8 Å². The molecule has 6 nitrogen and oxygen atoms in total. The normalized spacial score (nSPS) is 11.0. The summed E-state index contributed by atoms with van der Waals surface area (Å²) in [7, 11) is 1.40. The van der Waals surface area contributed by atoms with Gasteiger partial charge in [-0.1, -0.05) is 15.9 Å². The first-order chi connectivity index (χ1) is 16.1. The van der Waals surface area contributed by atoms with Gasteiger partial charge in [0.25, 0.3) is 12.9 Å². The standard InChI is InChI=1S/C22H22BrF5N2O4/c1-30(12-31)9-14-7-16(8-17(24)22(14)34-11-20(27)28)29-21(32)5-2-13-6-15(23)3-4-18(13)33-10-19(25)26/h3-4,6-8,12,19-20H,2,5,9-11H2,1H3,(H,29,32). The molecule has 0 radical (unpaired) electrons. The Kier molecular flexibility index (Phi) is 10.6. The van der Waals surface area contributed by atoms with Crippen LogP contribution in [0.5, 0.6) is 11.5 Å². The average molecular weight is 553 g/mol. The highest BCUT2D eigenvalue weighted by molar-refractivity contribution is 9.10. The molecule has 34 heavy (non-hydrogen) atoms. The number of aryl methyl sites for hydroxylation is 1. The van der Waals surface area contributed by atoms with Gasteiger partial charge in [0.2, 0.25) is 12.3 Å². The first kappa shape index (κ1) is 27.4. The lowest BCUT2D eigenvalue weighted by Crippen LogP contribution is -2.18. The second-order valence-corrected chi connectivity index (χ2v) is 8.09. The van der Waals surface area contributed by atoms with Crippen molar-refractivity contribution < 1.29 is 41.0 Å². The first-order valence-corrected chi connectivity index (χ1v) is 10.8. The van der Waals surface area contributed by atoms with Gasteiger partial charge in [-0.05, 0) is 36.2 Å². The molecule has 2 amide bonds. The molecule has 1 N–H and O–H groups in total. The number of hydrogen-bond donors (Lipinski definition) is 1. The first-order valence-electron chi connectivity index (χ1n) is 9.97. The Bertz CT molecular complexity index is 994. The van der Waals surface area contributed by atoms with E-state index in [0.29, 0.717) is 16.4 Å². The van der Waals surface area contributed by atoms with Crippen molar-refractivity contribution in [3.63, 3.8) is 0 Å². The van der Waals surface area contributed by atoms with Gasteiger partial charge in [-0.25, -0.2) is 22.0 Å². The Morgan fingerprint density at radius 1 is 1.09 bits per heavy atom. The Hall–Kier alpha value is -2.89. The number of nitrogens with zero attached hydrogens (tertiary/aromatic N) is 1. The van der Waals surface area contributed by atoms with Crippen molar-refractivity contribution in [2.24, 2.45) is 0 Å². The Balaban J connectivity index is 2.13. The zero-order chi connectivity index (χ0) is 25.3. The van der Waals surface area contributed by atoms with Crippen LogP contribution in [0, 0.1) is 5.82 Å². The van der Waals surface area contributed by atoms with Crippen LogP contribution in [0.25, 0.3) is 0 Å². The molecule has 0 aliphatic carbocycles. The van der Waals surface area contributed by atoms with E-state index in [1.807, 2.05) is 0 Å². The highest BCUT2D eigenvalue weighted by atomic mass is 79.9. The molecule has 0 saturated carbocycles. The number of rotatable bonds is 13. The molecule has 0 saturated heterocycles. The summed E-state index contributed by atoms with van der Waals surface area (Å²) in [5, 5.41) is 2.50. The molecular weight excluding hydrogens is 531 g/mol. The van der Waals surface area contributed by atoms with E-state index in [9.17, 15) is 31.5 Å². The highest BCUT2D eigenvalue weighted by Crippen LogP contribution is 2.29. The second kappa shape index (κ2) is 13.1. The minimum atomic E-state index is -2.83. The summed E-state index contributed by atoms with van der Waals surface area (Å²) in [4.78, 5) is 24.5. The Morgan fingerprint density at radius 2 is 1.76 bits per heavy atom. The summed E-state index contributed by atoms with van der Waals surface area (Å²) < 4.78 is 75.1. The number of carbonyl (C=O) groups excluding carboxylic acids is 2. The van der Waals surface area contributed by atoms with Gasteiger partial charge in [0.05, 0.1) is 0 Å². The molecule has 0 aliphatic heterocycles. The minimum absolute atomic E-state index is 0.0320. The molecule has 0 heterocycles. The fraction of sp³-hybridized carbons (Fsp3) is 0.364. The Morgan fingerprint density at radius 3 is 2.41 bits per heavy atom. The summed E-state index contributed by atoms with van der Waals surface area (Å²) in [5.74, 6) is -1.73. The predicted octanol–water partition coefficient (Wildman–Crippen LogP) is 5.04. The van der Waals surface area contributed by atoms with E-state index in [1.54, 1.807) is 12.1 Å². The number of amides is 2. The summed E-state index contributed by atoms with van der Waals surface area (Å²) in [6.45, 7) is -1.98. The fourth-order valence-corrected chi connectivity index (χ4v) is 3.37. The van der Waals surface area contributed by atoms with Crippen LogP contribution in [-0.4, -0.2) is 50.3 Å². The zero-order valence-corrected chi connectivity index (χ0v) is 19.6. The molecule has 0 fully saturated rings. The van der Waals surface area contributed by atoms with Crippen molar-refractivity contribution in [3.8, 4) is 11.5 Å². The van der Waals surface area contributed by atoms with Crippen molar-refractivity contribution in [2.45, 2.75) is 32.2 Å². The number of nitrogens with one attached hydrogen (secondary N) is 1. The third kappa shape index (κ3) is 8.81.